The van der Waals surface area contributed by atoms with Crippen LogP contribution in [-0.2, 0) is 23.9 Å². The third-order valence-electron chi connectivity index (χ3n) is 11.1. The molecule has 0 bridgehead atoms. The second kappa shape index (κ2) is 8.12. The Morgan fingerprint density at radius 1 is 1.16 bits per heavy atom. The van der Waals surface area contributed by atoms with Crippen LogP contribution in [0.5, 0.6) is 0 Å². The first kappa shape index (κ1) is 26.4. The number of hydrogen-bond donors (Lipinski definition) is 2. The molecule has 0 aromatic carbocycles. The summed E-state index contributed by atoms with van der Waals surface area (Å²) in [5.41, 5.74) is -0.534. The summed E-state index contributed by atoms with van der Waals surface area (Å²) in [5.74, 6) is -1.56. The predicted molar refractivity (Wildman–Crippen MR) is 136 cm³/mol. The first-order valence-corrected chi connectivity index (χ1v) is 13.5. The highest BCUT2D eigenvalue weighted by molar-refractivity contribution is 5.99. The van der Waals surface area contributed by atoms with Crippen molar-refractivity contribution in [3.05, 3.63) is 35.5 Å². The molecule has 2 saturated heterocycles. The summed E-state index contributed by atoms with van der Waals surface area (Å²) in [6.07, 6.45) is 4.46. The number of carboxylic acids is 1. The molecule has 1 spiro atoms. The van der Waals surface area contributed by atoms with Crippen LogP contribution < -0.4 is 0 Å². The van der Waals surface area contributed by atoms with Crippen LogP contribution in [0, 0.1) is 34.0 Å². The standard InChI is InChI=1S/C30H40O7/c1-15(2)19-13-24-30(37-24)21(27(19,5)9-8-25(33)34)14-22(31)28(6)20(12-23(32)29(28,30)7)16(3)10-18-11-17(4)26(35)36-18/h10,14,17-20,23-24,32H,1,8-9,11-13H2,2-7H3,(H,33,34)/b16-10+/t17-,18-,19+,20-,23-,24-,27+,28+,29-,30+/m1/s1. The van der Waals surface area contributed by atoms with Crippen LogP contribution in [0.2, 0.25) is 0 Å². The fraction of sp³-hybridized carbons (Fsp3) is 0.700. The van der Waals surface area contributed by atoms with Crippen LogP contribution in [-0.4, -0.2) is 51.8 Å². The lowest BCUT2D eigenvalue weighted by atomic mass is 9.43. The number of carboxylic acid groups (broad SMARTS) is 1. The zero-order chi connectivity index (χ0) is 27.3. The molecule has 2 N–H and O–H groups in total. The SMILES string of the molecule is C=C(C)[C@@H]1C[C@H]2O[C@@]23C(=CC(=O)[C@]2(C)[C@@H](/C(C)=C/[C@@H]4C[C@@H](C)C(=O)O4)C[C@@H](O)[C@]23C)[C@@]1(C)CCC(=O)O. The highest BCUT2D eigenvalue weighted by Gasteiger charge is 2.84. The van der Waals surface area contributed by atoms with E-state index in [9.17, 15) is 24.6 Å². The predicted octanol–water partition coefficient (Wildman–Crippen LogP) is 4.39. The lowest BCUT2D eigenvalue weighted by molar-refractivity contribution is -0.144. The molecule has 5 rings (SSSR count). The zero-order valence-electron chi connectivity index (χ0n) is 22.8. The minimum Gasteiger partial charge on any atom is -0.481 e. The summed E-state index contributed by atoms with van der Waals surface area (Å²) in [5, 5.41) is 21.3. The number of aliphatic hydroxyl groups is 1. The molecule has 10 atom stereocenters. The number of epoxide rings is 1. The quantitative estimate of drug-likeness (QED) is 0.308. The summed E-state index contributed by atoms with van der Waals surface area (Å²) in [7, 11) is 0. The number of esters is 1. The Morgan fingerprint density at radius 3 is 2.41 bits per heavy atom. The smallest absolute Gasteiger partial charge is 0.309 e. The van der Waals surface area contributed by atoms with Crippen molar-refractivity contribution in [2.75, 3.05) is 0 Å². The molecule has 3 aliphatic carbocycles. The van der Waals surface area contributed by atoms with Gasteiger partial charge in [0.1, 0.15) is 11.7 Å². The average Bonchev–Trinajstić information content (AvgIpc) is 3.40. The topological polar surface area (TPSA) is 113 Å². The van der Waals surface area contributed by atoms with E-state index in [1.54, 1.807) is 6.08 Å². The number of carbonyl (C=O) groups excluding carboxylic acids is 2. The van der Waals surface area contributed by atoms with Crippen LogP contribution in [0.1, 0.15) is 73.6 Å². The van der Waals surface area contributed by atoms with Gasteiger partial charge < -0.3 is 19.7 Å². The van der Waals surface area contributed by atoms with E-state index in [0.29, 0.717) is 25.7 Å². The highest BCUT2D eigenvalue weighted by Crippen LogP contribution is 2.78. The van der Waals surface area contributed by atoms with E-state index in [2.05, 4.69) is 6.58 Å². The van der Waals surface area contributed by atoms with E-state index in [1.165, 1.54) is 0 Å². The van der Waals surface area contributed by atoms with Crippen LogP contribution in [0.25, 0.3) is 0 Å². The average molecular weight is 513 g/mol. The summed E-state index contributed by atoms with van der Waals surface area (Å²) in [4.78, 5) is 37.8. The van der Waals surface area contributed by atoms with Crippen molar-refractivity contribution < 1.29 is 34.1 Å². The molecule has 202 valence electrons. The van der Waals surface area contributed by atoms with E-state index < -0.39 is 33.9 Å². The van der Waals surface area contributed by atoms with Gasteiger partial charge in [-0.05, 0) is 68.1 Å². The molecule has 7 heteroatoms. The minimum absolute atomic E-state index is 0.0190. The van der Waals surface area contributed by atoms with E-state index in [-0.39, 0.29) is 48.1 Å². The fourth-order valence-electron chi connectivity index (χ4n) is 8.81. The molecule has 2 aliphatic heterocycles. The van der Waals surface area contributed by atoms with Crippen molar-refractivity contribution in [1.82, 2.24) is 0 Å². The van der Waals surface area contributed by atoms with E-state index in [4.69, 9.17) is 9.47 Å². The Morgan fingerprint density at radius 2 is 1.84 bits per heavy atom. The van der Waals surface area contributed by atoms with Crippen molar-refractivity contribution in [2.45, 2.75) is 97.6 Å². The van der Waals surface area contributed by atoms with Crippen molar-refractivity contribution in [2.24, 2.45) is 34.0 Å². The number of hydrogen-bond acceptors (Lipinski definition) is 6. The molecule has 0 radical (unpaired) electrons. The van der Waals surface area contributed by atoms with Crippen LogP contribution in [0.3, 0.4) is 0 Å². The molecular weight excluding hydrogens is 472 g/mol. The molecule has 0 aromatic heterocycles. The Kier molecular flexibility index (Phi) is 5.79. The van der Waals surface area contributed by atoms with Crippen LogP contribution in [0.15, 0.2) is 35.5 Å². The monoisotopic (exact) mass is 512 g/mol. The molecule has 2 heterocycles. The molecule has 7 nitrogen and oxygen atoms in total. The van der Waals surface area contributed by atoms with Crippen molar-refractivity contribution in [3.63, 3.8) is 0 Å². The number of aliphatic hydroxyl groups excluding tert-OH is 1. The van der Waals surface area contributed by atoms with Gasteiger partial charge in [-0.25, -0.2) is 0 Å². The summed E-state index contributed by atoms with van der Waals surface area (Å²) in [6.45, 7) is 16.0. The van der Waals surface area contributed by atoms with Gasteiger partial charge in [-0.3, -0.25) is 14.4 Å². The third kappa shape index (κ3) is 3.22. The largest absolute Gasteiger partial charge is 0.481 e. The van der Waals surface area contributed by atoms with E-state index >= 15 is 0 Å². The first-order chi connectivity index (χ1) is 17.1. The summed E-state index contributed by atoms with van der Waals surface area (Å²) < 4.78 is 12.1. The van der Waals surface area contributed by atoms with Gasteiger partial charge in [0.05, 0.1) is 18.1 Å². The normalized spacial score (nSPS) is 48.5. The Bertz CT molecular complexity index is 1150. The van der Waals surface area contributed by atoms with Gasteiger partial charge in [-0.1, -0.05) is 45.4 Å². The molecule has 5 aliphatic rings. The summed E-state index contributed by atoms with van der Waals surface area (Å²) >= 11 is 0. The molecule has 0 unspecified atom stereocenters. The summed E-state index contributed by atoms with van der Waals surface area (Å²) in [6, 6.07) is 0. The van der Waals surface area contributed by atoms with Gasteiger partial charge in [0.2, 0.25) is 0 Å². The van der Waals surface area contributed by atoms with E-state index in [1.807, 2.05) is 47.6 Å². The lowest BCUT2D eigenvalue weighted by Crippen LogP contribution is -2.63. The Hall–Kier alpha value is -2.25. The van der Waals surface area contributed by atoms with E-state index in [0.717, 1.165) is 16.7 Å². The molecule has 2 saturated carbocycles. The van der Waals surface area contributed by atoms with Gasteiger partial charge in [0.25, 0.3) is 0 Å². The molecule has 0 amide bonds. The van der Waals surface area contributed by atoms with Crippen molar-refractivity contribution in [3.8, 4) is 0 Å². The van der Waals surface area contributed by atoms with Gasteiger partial charge in [0, 0.05) is 23.7 Å². The molecule has 37 heavy (non-hydrogen) atoms. The Balaban J connectivity index is 1.60. The van der Waals surface area contributed by atoms with Gasteiger partial charge in [0.15, 0.2) is 5.78 Å². The second-order valence-corrected chi connectivity index (χ2v) is 12.9. The number of carbonyl (C=O) groups is 3. The van der Waals surface area contributed by atoms with Crippen molar-refractivity contribution in [1.29, 1.82) is 0 Å². The lowest BCUT2D eigenvalue weighted by Gasteiger charge is -2.57. The number of cyclic esters (lactones) is 1. The van der Waals surface area contributed by atoms with Gasteiger partial charge >= 0.3 is 11.9 Å². The van der Waals surface area contributed by atoms with Gasteiger partial charge in [-0.15, -0.1) is 0 Å². The maximum atomic E-state index is 14.2. The number of ether oxygens (including phenoxy) is 2. The molecule has 0 aromatic rings. The van der Waals surface area contributed by atoms with Crippen LogP contribution >= 0.6 is 0 Å². The number of fused-ring (bicyclic) bond motifs is 1. The maximum Gasteiger partial charge on any atom is 0.309 e. The van der Waals surface area contributed by atoms with Crippen molar-refractivity contribution >= 4 is 17.7 Å². The fourth-order valence-corrected chi connectivity index (χ4v) is 8.81. The zero-order valence-corrected chi connectivity index (χ0v) is 22.8. The molecule has 4 fully saturated rings. The number of ketones is 1. The number of allylic oxidation sites excluding steroid dienone is 3. The second-order valence-electron chi connectivity index (χ2n) is 12.9. The van der Waals surface area contributed by atoms with Gasteiger partial charge in [-0.2, -0.15) is 0 Å². The minimum atomic E-state index is -0.927. The number of aliphatic carboxylic acids is 1. The highest BCUT2D eigenvalue weighted by atomic mass is 16.6. The third-order valence-corrected chi connectivity index (χ3v) is 11.1. The van der Waals surface area contributed by atoms with Crippen LogP contribution in [0.4, 0.5) is 0 Å². The number of rotatable bonds is 6. The molecular formula is C30H40O7. The maximum absolute atomic E-state index is 14.2. The Labute approximate surface area is 219 Å². The first-order valence-electron chi connectivity index (χ1n) is 13.5.